The molecule has 0 aliphatic rings. The average Bonchev–Trinajstić information content (AvgIpc) is 2.17. The van der Waals surface area contributed by atoms with E-state index in [1.54, 1.807) is 0 Å². The Morgan fingerprint density at radius 2 is 0.842 bits per heavy atom. The molecular weight excluding hydrogens is 284 g/mol. The molecule has 0 heterocycles. The molecule has 0 saturated carbocycles. The molecule has 0 aliphatic carbocycles. The van der Waals surface area contributed by atoms with E-state index in [-0.39, 0.29) is 33.3 Å². The van der Waals surface area contributed by atoms with E-state index in [2.05, 4.69) is 0 Å². The van der Waals surface area contributed by atoms with E-state index in [0.717, 1.165) is 0 Å². The van der Waals surface area contributed by atoms with Crippen LogP contribution in [0.25, 0.3) is 11.5 Å². The van der Waals surface area contributed by atoms with Gasteiger partial charge in [-0.2, -0.15) is 0 Å². The molecule has 2 N–H and O–H groups in total. The number of hydrogen-bond acceptors (Lipinski definition) is 4. The summed E-state index contributed by atoms with van der Waals surface area (Å²) in [5, 5.41) is 0. The molecule has 19 heavy (non-hydrogen) atoms. The molecule has 6 nitrogen and oxygen atoms in total. The van der Waals surface area contributed by atoms with E-state index in [4.69, 9.17) is 11.5 Å². The second-order valence-corrected chi connectivity index (χ2v) is 5.02. The normalized spacial score (nSPS) is 10.4. The summed E-state index contributed by atoms with van der Waals surface area (Å²) in [6.07, 6.45) is 0. The SMILES string of the molecule is CC(=O)C(C)(C)C([NH-])=O.CC(=O)C(C)(C)C([NH-])=O.[Ti+2]. The molecule has 0 fully saturated rings. The van der Waals surface area contributed by atoms with Gasteiger partial charge in [0.2, 0.25) is 0 Å². The van der Waals surface area contributed by atoms with Crippen molar-refractivity contribution in [3.05, 3.63) is 11.5 Å². The molecule has 7 heteroatoms. The maximum Gasteiger partial charge on any atom is 2.00 e. The predicted molar refractivity (Wildman–Crippen MR) is 67.6 cm³/mol. The first kappa shape index (κ1) is 23.1. The topological polar surface area (TPSA) is 116 Å². The molecule has 0 aromatic carbocycles. The third-order valence-electron chi connectivity index (χ3n) is 2.90. The Balaban J connectivity index is -0.000000256. The van der Waals surface area contributed by atoms with Crippen molar-refractivity contribution in [3.8, 4) is 0 Å². The third-order valence-corrected chi connectivity index (χ3v) is 2.90. The second-order valence-electron chi connectivity index (χ2n) is 5.02. The standard InChI is InChI=1S/2C6H11NO2.Ti/c2*1-4(8)6(2,3)5(7)9;/h2*1-3H3,(H2,7,9);/q;;+2/p-2. The fourth-order valence-electron chi connectivity index (χ4n) is 0.320. The van der Waals surface area contributed by atoms with Crippen LogP contribution in [-0.2, 0) is 40.9 Å². The van der Waals surface area contributed by atoms with Gasteiger partial charge in [-0.3, -0.25) is 9.59 Å². The van der Waals surface area contributed by atoms with Gasteiger partial charge in [-0.05, 0) is 41.5 Å². The molecule has 0 radical (unpaired) electrons. The van der Waals surface area contributed by atoms with Crippen molar-refractivity contribution in [2.75, 3.05) is 0 Å². The monoisotopic (exact) mass is 304 g/mol. The van der Waals surface area contributed by atoms with Crippen molar-refractivity contribution >= 4 is 23.4 Å². The van der Waals surface area contributed by atoms with Crippen LogP contribution in [0.1, 0.15) is 41.5 Å². The average molecular weight is 304 g/mol. The fraction of sp³-hybridized carbons (Fsp3) is 0.667. The molecule has 0 aliphatic heterocycles. The van der Waals surface area contributed by atoms with Crippen LogP contribution in [0, 0.1) is 10.8 Å². The van der Waals surface area contributed by atoms with Gasteiger partial charge in [0.15, 0.2) is 0 Å². The van der Waals surface area contributed by atoms with E-state index in [1.165, 1.54) is 41.5 Å². The van der Waals surface area contributed by atoms with Crippen molar-refractivity contribution in [3.63, 3.8) is 0 Å². The maximum absolute atomic E-state index is 10.6. The molecule has 2 amide bonds. The van der Waals surface area contributed by atoms with Crippen molar-refractivity contribution < 1.29 is 40.9 Å². The van der Waals surface area contributed by atoms with Gasteiger partial charge in [0.1, 0.15) is 11.6 Å². The predicted octanol–water partition coefficient (Wildman–Crippen LogP) is 2.36. The minimum absolute atomic E-state index is 0. The Morgan fingerprint density at radius 1 is 0.684 bits per heavy atom. The number of Topliss-reactive ketones (excluding diaryl/α,β-unsaturated/α-hetero) is 2. The van der Waals surface area contributed by atoms with Gasteiger partial charge in [0.05, 0.1) is 22.6 Å². The molecule has 0 aromatic rings. The fourth-order valence-corrected chi connectivity index (χ4v) is 0.320. The van der Waals surface area contributed by atoms with Gasteiger partial charge in [-0.25, -0.2) is 0 Å². The zero-order valence-corrected chi connectivity index (χ0v) is 13.7. The smallest absolute Gasteiger partial charge is 0.667 e. The van der Waals surface area contributed by atoms with Crippen LogP contribution in [-0.4, -0.2) is 23.4 Å². The molecule has 0 spiro atoms. The van der Waals surface area contributed by atoms with Crippen LogP contribution in [0.15, 0.2) is 0 Å². The summed E-state index contributed by atoms with van der Waals surface area (Å²) in [6.45, 7) is 8.42. The number of carbonyl (C=O) groups excluding carboxylic acids is 4. The number of ketones is 2. The van der Waals surface area contributed by atoms with Gasteiger partial charge >= 0.3 is 21.7 Å². The van der Waals surface area contributed by atoms with Gasteiger partial charge in [-0.15, -0.1) is 0 Å². The van der Waals surface area contributed by atoms with Crippen LogP contribution in [0.2, 0.25) is 0 Å². The van der Waals surface area contributed by atoms with Crippen LogP contribution in [0.3, 0.4) is 0 Å². The first-order valence-corrected chi connectivity index (χ1v) is 5.32. The van der Waals surface area contributed by atoms with Crippen molar-refractivity contribution in [2.24, 2.45) is 10.8 Å². The minimum Gasteiger partial charge on any atom is -0.667 e. The number of amides is 2. The first-order chi connectivity index (χ1) is 7.77. The van der Waals surface area contributed by atoms with Crippen molar-refractivity contribution in [1.29, 1.82) is 0 Å². The molecule has 0 atom stereocenters. The zero-order chi connectivity index (χ0) is 15.3. The zero-order valence-electron chi connectivity index (χ0n) is 12.1. The van der Waals surface area contributed by atoms with Gasteiger partial charge in [-0.1, -0.05) is 0 Å². The van der Waals surface area contributed by atoms with E-state index in [9.17, 15) is 19.2 Å². The summed E-state index contributed by atoms with van der Waals surface area (Å²) >= 11 is 0. The van der Waals surface area contributed by atoms with E-state index >= 15 is 0 Å². The second kappa shape index (κ2) is 8.22. The van der Waals surface area contributed by atoms with E-state index in [1.807, 2.05) is 0 Å². The molecule has 0 saturated heterocycles. The summed E-state index contributed by atoms with van der Waals surface area (Å²) in [5.41, 5.74) is 11.1. The molecule has 0 unspecified atom stereocenters. The minimum atomic E-state index is -1.11. The molecule has 0 bridgehead atoms. The number of hydrogen-bond donors (Lipinski definition) is 0. The van der Waals surface area contributed by atoms with Crippen LogP contribution in [0.5, 0.6) is 0 Å². The largest absolute Gasteiger partial charge is 2.00 e. The number of carbonyl (C=O) groups is 4. The van der Waals surface area contributed by atoms with Crippen LogP contribution >= 0.6 is 0 Å². The Labute approximate surface area is 128 Å². The van der Waals surface area contributed by atoms with E-state index in [0.29, 0.717) is 0 Å². The summed E-state index contributed by atoms with van der Waals surface area (Å²) < 4.78 is 0. The Hall–Kier alpha value is -1.01. The Kier molecular flexibility index (Phi) is 10.0. The summed E-state index contributed by atoms with van der Waals surface area (Å²) in [5.74, 6) is -2.17. The quantitative estimate of drug-likeness (QED) is 0.585. The van der Waals surface area contributed by atoms with Crippen molar-refractivity contribution in [1.82, 2.24) is 0 Å². The van der Waals surface area contributed by atoms with Gasteiger partial charge in [0, 0.05) is 0 Å². The van der Waals surface area contributed by atoms with Crippen LogP contribution < -0.4 is 0 Å². The Morgan fingerprint density at radius 3 is 0.842 bits per heavy atom. The van der Waals surface area contributed by atoms with E-state index < -0.39 is 22.6 Å². The van der Waals surface area contributed by atoms with Crippen molar-refractivity contribution in [2.45, 2.75) is 41.5 Å². The molecule has 0 aromatic heterocycles. The maximum atomic E-state index is 10.6. The number of rotatable bonds is 4. The van der Waals surface area contributed by atoms with Gasteiger partial charge < -0.3 is 21.1 Å². The van der Waals surface area contributed by atoms with Gasteiger partial charge in [0.25, 0.3) is 0 Å². The summed E-state index contributed by atoms with van der Waals surface area (Å²) in [4.78, 5) is 41.8. The molecular formula is C12H20N2O4Ti. The molecule has 0 rings (SSSR count). The summed E-state index contributed by atoms with van der Waals surface area (Å²) in [7, 11) is 0. The Bertz CT molecular complexity index is 308. The van der Waals surface area contributed by atoms with Crippen LogP contribution in [0.4, 0.5) is 0 Å². The number of nitrogens with one attached hydrogen (secondary N) is 2. The first-order valence-electron chi connectivity index (χ1n) is 5.32. The third kappa shape index (κ3) is 7.23. The summed E-state index contributed by atoms with van der Waals surface area (Å²) in [6, 6.07) is 0. The molecule has 106 valence electrons.